The lowest BCUT2D eigenvalue weighted by atomic mass is 9.78. The van der Waals surface area contributed by atoms with Crippen LogP contribution in [0.2, 0.25) is 0 Å². The van der Waals surface area contributed by atoms with Crippen LogP contribution in [0.5, 0.6) is 0 Å². The van der Waals surface area contributed by atoms with Crippen molar-refractivity contribution in [2.24, 2.45) is 11.3 Å². The molecule has 1 amide bonds. The van der Waals surface area contributed by atoms with Crippen LogP contribution in [-0.4, -0.2) is 40.3 Å². The van der Waals surface area contributed by atoms with Crippen LogP contribution >= 0.6 is 11.8 Å². The highest BCUT2D eigenvalue weighted by Gasteiger charge is 2.33. The van der Waals surface area contributed by atoms with Gasteiger partial charge in [-0.05, 0) is 57.6 Å². The lowest BCUT2D eigenvalue weighted by Crippen LogP contribution is -2.41. The van der Waals surface area contributed by atoms with Gasteiger partial charge in [-0.3, -0.25) is 4.79 Å². The van der Waals surface area contributed by atoms with Crippen molar-refractivity contribution in [1.29, 1.82) is 0 Å². The molecule has 0 radical (unpaired) electrons. The molecule has 33 heavy (non-hydrogen) atoms. The van der Waals surface area contributed by atoms with Crippen molar-refractivity contribution in [3.05, 3.63) is 23.9 Å². The summed E-state index contributed by atoms with van der Waals surface area (Å²) in [7, 11) is 0. The third-order valence-corrected chi connectivity index (χ3v) is 8.70. The number of carbonyl (C=O) groups is 1. The monoisotopic (exact) mass is 481 g/mol. The van der Waals surface area contributed by atoms with Crippen LogP contribution in [0.25, 0.3) is 0 Å². The highest BCUT2D eigenvalue weighted by Crippen LogP contribution is 2.35. The second-order valence-corrected chi connectivity index (χ2v) is 12.8. The molecule has 2 aliphatic rings. The van der Waals surface area contributed by atoms with E-state index in [9.17, 15) is 9.90 Å². The summed E-state index contributed by atoms with van der Waals surface area (Å²) in [5.41, 5.74) is 1.15. The van der Waals surface area contributed by atoms with Crippen molar-refractivity contribution in [1.82, 2.24) is 5.32 Å². The molecule has 0 aromatic rings. The number of rotatable bonds is 11. The molecule has 0 aromatic carbocycles. The minimum absolute atomic E-state index is 0.000567. The van der Waals surface area contributed by atoms with Gasteiger partial charge in [-0.1, -0.05) is 72.8 Å². The molecule has 1 heterocycles. The number of allylic oxidation sites excluding steroid dienone is 2. The summed E-state index contributed by atoms with van der Waals surface area (Å²) < 4.78 is 4.89. The largest absolute Gasteiger partial charge is 0.392 e. The van der Waals surface area contributed by atoms with Crippen LogP contribution in [0.3, 0.4) is 0 Å². The Morgan fingerprint density at radius 3 is 2.27 bits per heavy atom. The van der Waals surface area contributed by atoms with E-state index in [1.807, 2.05) is 47.6 Å². The first-order valence-electron chi connectivity index (χ1n) is 13.1. The fourth-order valence-electron chi connectivity index (χ4n) is 4.08. The Balaban J connectivity index is 0.000000568. The number of aliphatic hydroxyl groups excluding tert-OH is 1. The van der Waals surface area contributed by atoms with E-state index in [0.717, 1.165) is 43.2 Å². The van der Waals surface area contributed by atoms with E-state index in [1.165, 1.54) is 38.5 Å². The first-order valence-corrected chi connectivity index (χ1v) is 13.9. The number of unbranched alkanes of at least 4 members (excludes halogenated alkanes) is 1. The van der Waals surface area contributed by atoms with E-state index < -0.39 is 16.3 Å². The number of ether oxygens (including phenoxy) is 1. The van der Waals surface area contributed by atoms with E-state index in [4.69, 9.17) is 4.74 Å². The summed E-state index contributed by atoms with van der Waals surface area (Å²) in [4.78, 5) is 12.7. The maximum Gasteiger partial charge on any atom is 0.239 e. The SMILES string of the molecule is C=C(/C=C(\C)NC(=O)C(C)(C)SC1CCOCC1)C(C)(C)C(O)CC.CCCCC1CCC1. The van der Waals surface area contributed by atoms with Crippen LogP contribution in [-0.2, 0) is 9.53 Å². The zero-order chi connectivity index (χ0) is 25.1. The van der Waals surface area contributed by atoms with Crippen molar-refractivity contribution in [2.75, 3.05) is 13.2 Å². The van der Waals surface area contributed by atoms with Crippen molar-refractivity contribution >= 4 is 17.7 Å². The van der Waals surface area contributed by atoms with Crippen molar-refractivity contribution in [2.45, 2.75) is 122 Å². The first kappa shape index (κ1) is 30.3. The molecule has 0 spiro atoms. The Morgan fingerprint density at radius 1 is 1.18 bits per heavy atom. The molecule has 192 valence electrons. The standard InChI is InChI=1S/C20H35NO3S.C8H16/c1-8-17(22)19(4,5)14(2)13-15(3)21-18(23)20(6,7)25-16-9-11-24-12-10-16;1-2-3-5-8-6-4-7-8/h13,16-17,22H,2,8-12H2,1,3-7H3,(H,21,23);8H,2-7H2,1H3/b15-13+;. The van der Waals surface area contributed by atoms with Crippen LogP contribution in [0, 0.1) is 11.3 Å². The molecule has 4 nitrogen and oxygen atoms in total. The molecule has 1 saturated carbocycles. The van der Waals surface area contributed by atoms with Gasteiger partial charge in [0.2, 0.25) is 5.91 Å². The lowest BCUT2D eigenvalue weighted by molar-refractivity contribution is -0.121. The molecule has 1 saturated heterocycles. The van der Waals surface area contributed by atoms with E-state index in [0.29, 0.717) is 11.7 Å². The van der Waals surface area contributed by atoms with Crippen molar-refractivity contribution < 1.29 is 14.6 Å². The molecule has 5 heteroatoms. The van der Waals surface area contributed by atoms with E-state index in [2.05, 4.69) is 18.8 Å². The minimum Gasteiger partial charge on any atom is -0.392 e. The van der Waals surface area contributed by atoms with Gasteiger partial charge in [-0.25, -0.2) is 0 Å². The molecule has 2 N–H and O–H groups in total. The van der Waals surface area contributed by atoms with Crippen LogP contribution in [0.15, 0.2) is 23.9 Å². The average Bonchev–Trinajstić information content (AvgIpc) is 2.72. The number of nitrogens with one attached hydrogen (secondary N) is 1. The second kappa shape index (κ2) is 14.6. The predicted octanol–water partition coefficient (Wildman–Crippen LogP) is 7.03. The molecule has 1 unspecified atom stereocenters. The zero-order valence-electron chi connectivity index (χ0n) is 22.5. The maximum absolute atomic E-state index is 12.7. The van der Waals surface area contributed by atoms with Gasteiger partial charge < -0.3 is 15.2 Å². The Labute approximate surface area is 208 Å². The summed E-state index contributed by atoms with van der Waals surface area (Å²) in [5, 5.41) is 13.6. The topological polar surface area (TPSA) is 58.6 Å². The summed E-state index contributed by atoms with van der Waals surface area (Å²) in [5.74, 6) is 1.13. The van der Waals surface area contributed by atoms with Gasteiger partial charge in [-0.15, -0.1) is 11.8 Å². The Morgan fingerprint density at radius 2 is 1.79 bits per heavy atom. The van der Waals surface area contributed by atoms with Gasteiger partial charge in [0.1, 0.15) is 0 Å². The highest BCUT2D eigenvalue weighted by atomic mass is 32.2. The van der Waals surface area contributed by atoms with Gasteiger partial charge in [0, 0.05) is 29.6 Å². The van der Waals surface area contributed by atoms with Crippen LogP contribution in [0.1, 0.15) is 106 Å². The lowest BCUT2D eigenvalue weighted by Gasteiger charge is -2.32. The Hall–Kier alpha value is -0.780. The average molecular weight is 482 g/mol. The summed E-state index contributed by atoms with van der Waals surface area (Å²) in [6.45, 7) is 19.6. The Bertz CT molecular complexity index is 631. The Kier molecular flexibility index (Phi) is 13.4. The number of thioether (sulfide) groups is 1. The van der Waals surface area contributed by atoms with E-state index in [-0.39, 0.29) is 5.91 Å². The summed E-state index contributed by atoms with van der Waals surface area (Å²) >= 11 is 1.72. The fraction of sp³-hybridized carbons (Fsp3) is 0.821. The zero-order valence-corrected chi connectivity index (χ0v) is 23.3. The third-order valence-electron chi connectivity index (χ3n) is 7.12. The highest BCUT2D eigenvalue weighted by molar-refractivity contribution is 8.01. The molecule has 2 rings (SSSR count). The molecule has 1 aliphatic carbocycles. The fourth-order valence-corrected chi connectivity index (χ4v) is 5.50. The third kappa shape index (κ3) is 10.6. The van der Waals surface area contributed by atoms with Crippen LogP contribution in [0.4, 0.5) is 0 Å². The van der Waals surface area contributed by atoms with Crippen LogP contribution < -0.4 is 5.32 Å². The molecule has 0 aromatic heterocycles. The quantitative estimate of drug-likeness (QED) is 0.311. The number of carbonyl (C=O) groups excluding carboxylic acids is 1. The first-order chi connectivity index (χ1) is 15.4. The molecule has 2 fully saturated rings. The van der Waals surface area contributed by atoms with E-state index >= 15 is 0 Å². The number of amides is 1. The number of hydrogen-bond acceptors (Lipinski definition) is 4. The maximum atomic E-state index is 12.7. The minimum atomic E-state index is -0.503. The number of aliphatic hydroxyl groups is 1. The van der Waals surface area contributed by atoms with Gasteiger partial charge >= 0.3 is 0 Å². The van der Waals surface area contributed by atoms with Gasteiger partial charge in [0.15, 0.2) is 0 Å². The predicted molar refractivity (Wildman–Crippen MR) is 143 cm³/mol. The number of hydrogen-bond donors (Lipinski definition) is 2. The molecule has 1 atom stereocenters. The summed E-state index contributed by atoms with van der Waals surface area (Å²) in [6, 6.07) is 0. The summed E-state index contributed by atoms with van der Waals surface area (Å²) in [6.07, 6.45) is 13.0. The molecular weight excluding hydrogens is 430 g/mol. The van der Waals surface area contributed by atoms with Crippen molar-refractivity contribution in [3.8, 4) is 0 Å². The molecule has 0 bridgehead atoms. The van der Waals surface area contributed by atoms with Gasteiger partial charge in [0.25, 0.3) is 0 Å². The van der Waals surface area contributed by atoms with Crippen molar-refractivity contribution in [3.63, 3.8) is 0 Å². The molecular formula is C28H51NO3S. The second-order valence-electron chi connectivity index (χ2n) is 10.8. The van der Waals surface area contributed by atoms with Gasteiger partial charge in [-0.2, -0.15) is 0 Å². The molecule has 1 aliphatic heterocycles. The van der Waals surface area contributed by atoms with E-state index in [1.54, 1.807) is 11.8 Å². The smallest absolute Gasteiger partial charge is 0.239 e. The van der Waals surface area contributed by atoms with Gasteiger partial charge in [0.05, 0.1) is 10.9 Å². The normalized spacial score (nSPS) is 19.2.